The van der Waals surface area contributed by atoms with Crippen molar-refractivity contribution in [2.75, 3.05) is 7.05 Å². The molecule has 2 nitrogen and oxygen atoms in total. The van der Waals surface area contributed by atoms with Gasteiger partial charge in [0.25, 0.3) is 0 Å². The Labute approximate surface area is 94.6 Å². The summed E-state index contributed by atoms with van der Waals surface area (Å²) in [5.74, 6) is 0.545. The molecule has 3 heteroatoms. The van der Waals surface area contributed by atoms with E-state index in [-0.39, 0.29) is 5.91 Å². The first-order valence-corrected chi connectivity index (χ1v) is 5.61. The molecule has 1 aliphatic rings. The topological polar surface area (TPSA) is 29.1 Å². The lowest BCUT2D eigenvalue weighted by atomic mass is 10.0. The molecule has 0 aliphatic heterocycles. The molecule has 1 N–H and O–H groups in total. The minimum atomic E-state index is -0.575. The normalized spacial score (nSPS) is 17.2. The minimum Gasteiger partial charge on any atom is -0.358 e. The zero-order valence-electron chi connectivity index (χ0n) is 8.66. The van der Waals surface area contributed by atoms with E-state index in [9.17, 15) is 4.79 Å². The summed E-state index contributed by atoms with van der Waals surface area (Å²) in [7, 11) is 1.60. The number of benzene rings is 1. The van der Waals surface area contributed by atoms with Gasteiger partial charge in [0.1, 0.15) is 5.38 Å². The molecule has 0 heterocycles. The molecule has 1 aliphatic carbocycles. The molecule has 15 heavy (non-hydrogen) atoms. The molecule has 0 saturated heterocycles. The van der Waals surface area contributed by atoms with Crippen LogP contribution in [-0.4, -0.2) is 13.0 Å². The van der Waals surface area contributed by atoms with E-state index in [2.05, 4.69) is 11.4 Å². The maximum atomic E-state index is 11.4. The second-order valence-electron chi connectivity index (χ2n) is 3.92. The second-order valence-corrected chi connectivity index (χ2v) is 4.36. The number of hydrogen-bond donors (Lipinski definition) is 1. The third kappa shape index (κ3) is 2.32. The first-order chi connectivity index (χ1) is 7.22. The van der Waals surface area contributed by atoms with Crippen molar-refractivity contribution in [3.05, 3.63) is 35.4 Å². The Kier molecular flexibility index (Phi) is 2.96. The van der Waals surface area contributed by atoms with Crippen LogP contribution >= 0.6 is 11.6 Å². The molecule has 2 rings (SSSR count). The fourth-order valence-electron chi connectivity index (χ4n) is 1.67. The Morgan fingerprint density at radius 3 is 2.87 bits per heavy atom. The summed E-state index contributed by atoms with van der Waals surface area (Å²) < 4.78 is 0. The monoisotopic (exact) mass is 223 g/mol. The van der Waals surface area contributed by atoms with E-state index in [0.29, 0.717) is 5.92 Å². The van der Waals surface area contributed by atoms with Crippen LogP contribution in [0.15, 0.2) is 24.3 Å². The Hall–Kier alpha value is -1.02. The van der Waals surface area contributed by atoms with Gasteiger partial charge in [-0.3, -0.25) is 4.79 Å². The molecule has 1 atom stereocenters. The maximum absolute atomic E-state index is 11.4. The summed E-state index contributed by atoms with van der Waals surface area (Å²) in [5, 5.41) is 1.98. The van der Waals surface area contributed by atoms with Gasteiger partial charge < -0.3 is 5.32 Å². The minimum absolute atomic E-state index is 0.149. The third-order valence-electron chi connectivity index (χ3n) is 2.73. The molecular formula is C12H14ClNO. The Bertz CT molecular complexity index is 374. The van der Waals surface area contributed by atoms with E-state index in [4.69, 9.17) is 11.6 Å². The van der Waals surface area contributed by atoms with Crippen molar-refractivity contribution in [2.45, 2.75) is 24.1 Å². The molecule has 1 fully saturated rings. The van der Waals surface area contributed by atoms with Gasteiger partial charge in [-0.05, 0) is 29.9 Å². The number of amides is 1. The lowest BCUT2D eigenvalue weighted by Gasteiger charge is -2.09. The van der Waals surface area contributed by atoms with E-state index >= 15 is 0 Å². The summed E-state index contributed by atoms with van der Waals surface area (Å²) in [6.07, 6.45) is 2.52. The third-order valence-corrected chi connectivity index (χ3v) is 3.18. The standard InChI is InChI=1S/C12H14ClNO/c1-14-12(15)11(13)10-4-2-3-9(7-10)8-5-6-8/h2-4,7-8,11H,5-6H2,1H3,(H,14,15). The highest BCUT2D eigenvalue weighted by Crippen LogP contribution is 2.40. The van der Waals surface area contributed by atoms with Crippen molar-refractivity contribution in [3.63, 3.8) is 0 Å². The molecule has 0 bridgehead atoms. The Morgan fingerprint density at radius 1 is 1.53 bits per heavy atom. The van der Waals surface area contributed by atoms with Gasteiger partial charge in [0, 0.05) is 7.05 Å². The highest BCUT2D eigenvalue weighted by Gasteiger charge is 2.24. The molecular weight excluding hydrogens is 210 g/mol. The van der Waals surface area contributed by atoms with E-state index < -0.39 is 5.38 Å². The summed E-state index contributed by atoms with van der Waals surface area (Å²) in [4.78, 5) is 11.4. The molecule has 1 aromatic rings. The summed E-state index contributed by atoms with van der Waals surface area (Å²) in [6, 6.07) is 8.03. The van der Waals surface area contributed by atoms with Crippen LogP contribution in [0.25, 0.3) is 0 Å². The largest absolute Gasteiger partial charge is 0.358 e. The van der Waals surface area contributed by atoms with Gasteiger partial charge in [0.15, 0.2) is 0 Å². The zero-order chi connectivity index (χ0) is 10.8. The van der Waals surface area contributed by atoms with E-state index in [0.717, 1.165) is 5.56 Å². The summed E-state index contributed by atoms with van der Waals surface area (Å²) >= 11 is 6.04. The van der Waals surface area contributed by atoms with Crippen molar-refractivity contribution in [3.8, 4) is 0 Å². The quantitative estimate of drug-likeness (QED) is 0.785. The van der Waals surface area contributed by atoms with Gasteiger partial charge >= 0.3 is 0 Å². The molecule has 0 radical (unpaired) electrons. The highest BCUT2D eigenvalue weighted by atomic mass is 35.5. The van der Waals surface area contributed by atoms with Gasteiger partial charge in [0.05, 0.1) is 0 Å². The number of carbonyl (C=O) groups is 1. The van der Waals surface area contributed by atoms with E-state index in [1.54, 1.807) is 7.05 Å². The first-order valence-electron chi connectivity index (χ1n) is 5.18. The fourth-order valence-corrected chi connectivity index (χ4v) is 1.91. The lowest BCUT2D eigenvalue weighted by Crippen LogP contribution is -2.22. The van der Waals surface area contributed by atoms with Crippen molar-refractivity contribution < 1.29 is 4.79 Å². The van der Waals surface area contributed by atoms with Gasteiger partial charge in [-0.2, -0.15) is 0 Å². The number of rotatable bonds is 3. The van der Waals surface area contributed by atoms with Crippen LogP contribution in [0.2, 0.25) is 0 Å². The van der Waals surface area contributed by atoms with Crippen LogP contribution in [0.4, 0.5) is 0 Å². The predicted octanol–water partition coefficient (Wildman–Crippen LogP) is 2.59. The number of hydrogen-bond acceptors (Lipinski definition) is 1. The smallest absolute Gasteiger partial charge is 0.242 e. The Balaban J connectivity index is 2.19. The number of likely N-dealkylation sites (N-methyl/N-ethyl adjacent to an activating group) is 1. The second kappa shape index (κ2) is 4.23. The number of halogens is 1. The average Bonchev–Trinajstić information content (AvgIpc) is 3.11. The average molecular weight is 224 g/mol. The number of nitrogens with one attached hydrogen (secondary N) is 1. The highest BCUT2D eigenvalue weighted by molar-refractivity contribution is 6.30. The Morgan fingerprint density at radius 2 is 2.27 bits per heavy atom. The zero-order valence-corrected chi connectivity index (χ0v) is 9.42. The van der Waals surface area contributed by atoms with Crippen LogP contribution < -0.4 is 5.32 Å². The maximum Gasteiger partial charge on any atom is 0.242 e. The number of alkyl halides is 1. The van der Waals surface area contributed by atoms with E-state index in [1.165, 1.54) is 18.4 Å². The van der Waals surface area contributed by atoms with Gasteiger partial charge in [-0.1, -0.05) is 24.3 Å². The first kappa shape index (κ1) is 10.5. The molecule has 80 valence electrons. The van der Waals surface area contributed by atoms with Crippen LogP contribution in [0.1, 0.15) is 35.3 Å². The lowest BCUT2D eigenvalue weighted by molar-refractivity contribution is -0.120. The van der Waals surface area contributed by atoms with Gasteiger partial charge in [0.2, 0.25) is 5.91 Å². The van der Waals surface area contributed by atoms with Crippen LogP contribution in [0.5, 0.6) is 0 Å². The van der Waals surface area contributed by atoms with Crippen LogP contribution in [0.3, 0.4) is 0 Å². The number of carbonyl (C=O) groups excluding carboxylic acids is 1. The summed E-state index contributed by atoms with van der Waals surface area (Å²) in [5.41, 5.74) is 2.20. The summed E-state index contributed by atoms with van der Waals surface area (Å²) in [6.45, 7) is 0. The van der Waals surface area contributed by atoms with Crippen molar-refractivity contribution in [2.24, 2.45) is 0 Å². The van der Waals surface area contributed by atoms with Crippen molar-refractivity contribution >= 4 is 17.5 Å². The molecule has 1 amide bonds. The molecule has 1 aromatic carbocycles. The molecule has 0 aromatic heterocycles. The van der Waals surface area contributed by atoms with E-state index in [1.807, 2.05) is 18.2 Å². The van der Waals surface area contributed by atoms with Gasteiger partial charge in [-0.25, -0.2) is 0 Å². The molecule has 1 saturated carbocycles. The SMILES string of the molecule is CNC(=O)C(Cl)c1cccc(C2CC2)c1. The molecule has 0 spiro atoms. The van der Waals surface area contributed by atoms with Crippen molar-refractivity contribution in [1.82, 2.24) is 5.32 Å². The van der Waals surface area contributed by atoms with Crippen LogP contribution in [-0.2, 0) is 4.79 Å². The predicted molar refractivity (Wildman–Crippen MR) is 61.1 cm³/mol. The van der Waals surface area contributed by atoms with Gasteiger partial charge in [-0.15, -0.1) is 11.6 Å². The van der Waals surface area contributed by atoms with Crippen LogP contribution in [0, 0.1) is 0 Å². The fraction of sp³-hybridized carbons (Fsp3) is 0.417. The van der Waals surface area contributed by atoms with Crippen molar-refractivity contribution in [1.29, 1.82) is 0 Å². The molecule has 1 unspecified atom stereocenters.